The van der Waals surface area contributed by atoms with Gasteiger partial charge in [-0.05, 0) is 0 Å². The van der Waals surface area contributed by atoms with E-state index >= 15 is 0 Å². The molecule has 2 aromatic carbocycles. The largest absolute Gasteiger partial charge is 0.147 e. The van der Waals surface area contributed by atoms with Gasteiger partial charge in [0.05, 0.1) is 0 Å². The molecule has 0 amide bonds. The Hall–Kier alpha value is -1.48. The molecule has 0 spiro atoms. The zero-order valence-electron chi connectivity index (χ0n) is 18.3. The van der Waals surface area contributed by atoms with Gasteiger partial charge in [-0.15, -0.1) is 12.4 Å². The summed E-state index contributed by atoms with van der Waals surface area (Å²) in [5, 5.41) is 11.2. The van der Waals surface area contributed by atoms with Crippen LogP contribution in [0.2, 0.25) is 26.1 Å². The number of halogens is 1. The standard InChI is InChI=1S/2C7H8O.C5H5.5CH3.ClH.Ti/c2*1-6-4-2-3-5-7(6)8;1-2-4-5-3-1;;;;;;;/h2*2-5,8H,1H3;1-3H,4H2;5*1H3;1H;/q;;;;;;;;;+2/p-2. The summed E-state index contributed by atoms with van der Waals surface area (Å²) in [7, 11) is 0. The van der Waals surface area contributed by atoms with E-state index in [1.807, 2.05) is 36.4 Å². The van der Waals surface area contributed by atoms with E-state index in [9.17, 15) is 0 Å². The van der Waals surface area contributed by atoms with E-state index in [0.717, 1.165) is 29.0 Å². The number of aryl methyl sites for hydroxylation is 2. The van der Waals surface area contributed by atoms with E-state index in [1.165, 1.54) is 3.88 Å². The Bertz CT molecular complexity index is 984. The molecule has 0 bridgehead atoms. The fourth-order valence-corrected chi connectivity index (χ4v) is 13.3. The van der Waals surface area contributed by atoms with Gasteiger partial charge in [-0.3, -0.25) is 0 Å². The predicted molar refractivity (Wildman–Crippen MR) is 122 cm³/mol. The van der Waals surface area contributed by atoms with Crippen LogP contribution in [0.3, 0.4) is 0 Å². The first-order valence-electron chi connectivity index (χ1n) is 9.94. The molecular weight excluding hydrogens is 404 g/mol. The monoisotopic (exact) mass is 438 g/mol. The average molecular weight is 439 g/mol. The number of hydrogen-bond donors (Lipinski definition) is 0. The second kappa shape index (κ2) is 4.98. The van der Waals surface area contributed by atoms with Gasteiger partial charge in [-0.2, -0.15) is 0 Å². The maximum atomic E-state index is 7.26. The van der Waals surface area contributed by atoms with Gasteiger partial charge in [0.15, 0.2) is 0 Å². The smallest absolute Gasteiger partial charge is 0.147 e. The van der Waals surface area contributed by atoms with Crippen LogP contribution in [0.5, 0.6) is 11.5 Å². The predicted octanol–water partition coefficient (Wildman–Crippen LogP) is 8.39. The number of benzene rings is 2. The second-order valence-electron chi connectivity index (χ2n) is 13.6. The van der Waals surface area contributed by atoms with Crippen molar-refractivity contribution in [1.29, 1.82) is 0 Å². The summed E-state index contributed by atoms with van der Waals surface area (Å²) in [4.78, 5) is 0. The minimum atomic E-state index is -5.70. The number of para-hydroxylation sites is 2. The third-order valence-corrected chi connectivity index (χ3v) is 17.1. The first-order valence-corrected chi connectivity index (χ1v) is 19.8. The van der Waals surface area contributed by atoms with Crippen molar-refractivity contribution in [3.63, 3.8) is 0 Å². The molecule has 2 nitrogen and oxygen atoms in total. The molecule has 1 aliphatic rings. The molecule has 0 aromatic heterocycles. The maximum absolute atomic E-state index is 7.26. The molecule has 0 saturated carbocycles. The van der Waals surface area contributed by atoms with E-state index in [1.54, 1.807) is 0 Å². The van der Waals surface area contributed by atoms with Crippen LogP contribution < -0.4 is 6.64 Å². The van der Waals surface area contributed by atoms with Crippen molar-refractivity contribution < 1.29 is 18.9 Å². The van der Waals surface area contributed by atoms with Crippen molar-refractivity contribution in [2.75, 3.05) is 0 Å². The van der Waals surface area contributed by atoms with Crippen molar-refractivity contribution in [1.82, 2.24) is 0 Å². The summed E-state index contributed by atoms with van der Waals surface area (Å²) in [6.07, 6.45) is 7.32. The van der Waals surface area contributed by atoms with Crippen molar-refractivity contribution in [3.8, 4) is 11.5 Å². The van der Waals surface area contributed by atoms with E-state index in [-0.39, 0.29) is 12.4 Å². The van der Waals surface area contributed by atoms with E-state index in [4.69, 9.17) is 6.64 Å². The fourth-order valence-electron chi connectivity index (χ4n) is 4.32. The summed E-state index contributed by atoms with van der Waals surface area (Å²) in [6, 6.07) is 16.4. The van der Waals surface area contributed by atoms with Crippen LogP contribution in [0.4, 0.5) is 0 Å². The summed E-state index contributed by atoms with van der Waals surface area (Å²) >= 11 is -5.70. The van der Waals surface area contributed by atoms with Gasteiger partial charge in [-0.1, -0.05) is 0 Å². The van der Waals surface area contributed by atoms with Gasteiger partial charge in [-0.25, -0.2) is 0 Å². The van der Waals surface area contributed by atoms with Crippen LogP contribution >= 0.6 is 12.4 Å². The molecule has 0 radical (unpaired) electrons. The SMILES string of the molecule is Cc1ccccc1[O][Ti]([CH3])([CH3])([CH3])([CH3])([CH3])([O]c1ccccc1C)[C]1=CC=CC1.Cl. The Balaban J connectivity index is 0.00000280. The third kappa shape index (κ3) is 3.83. The van der Waals surface area contributed by atoms with E-state index in [0.29, 0.717) is 0 Å². The average Bonchev–Trinajstić information content (AvgIpc) is 3.08. The maximum Gasteiger partial charge on any atom is -0.147 e. The molecule has 3 rings (SSSR count). The van der Waals surface area contributed by atoms with Crippen molar-refractivity contribution in [2.24, 2.45) is 0 Å². The van der Waals surface area contributed by atoms with Gasteiger partial charge in [0.2, 0.25) is 0 Å². The van der Waals surface area contributed by atoms with E-state index < -0.39 is 12.2 Å². The van der Waals surface area contributed by atoms with Crippen LogP contribution in [0.1, 0.15) is 17.5 Å². The normalized spacial score (nSPS) is 19.2. The number of allylic oxidation sites excluding steroid dienone is 4. The summed E-state index contributed by atoms with van der Waals surface area (Å²) in [5.41, 5.74) is 2.21. The van der Waals surface area contributed by atoms with Crippen LogP contribution in [0.15, 0.2) is 70.6 Å². The Morgan fingerprint density at radius 2 is 1.14 bits per heavy atom. The zero-order chi connectivity index (χ0) is 20.1. The Morgan fingerprint density at radius 3 is 1.50 bits per heavy atom. The number of hydrogen-bond acceptors (Lipinski definition) is 2. The van der Waals surface area contributed by atoms with Crippen LogP contribution in [-0.4, -0.2) is 0 Å². The summed E-state index contributed by atoms with van der Waals surface area (Å²) < 4.78 is 15.7. The van der Waals surface area contributed by atoms with Crippen LogP contribution in [0.25, 0.3) is 0 Å². The fraction of sp³-hybridized carbons (Fsp3) is 0.333. The van der Waals surface area contributed by atoms with Crippen LogP contribution in [0, 0.1) is 13.8 Å². The van der Waals surface area contributed by atoms with Crippen molar-refractivity contribution in [3.05, 3.63) is 81.8 Å². The van der Waals surface area contributed by atoms with Gasteiger partial charge in [0, 0.05) is 0 Å². The Morgan fingerprint density at radius 1 is 0.714 bits per heavy atom. The quantitative estimate of drug-likeness (QED) is 0.436. The van der Waals surface area contributed by atoms with E-state index in [2.05, 4.69) is 70.4 Å². The van der Waals surface area contributed by atoms with Gasteiger partial charge >= 0.3 is 159 Å². The minimum absolute atomic E-state index is 0. The van der Waals surface area contributed by atoms with Crippen molar-refractivity contribution in [2.45, 2.75) is 46.4 Å². The molecule has 154 valence electrons. The first kappa shape index (κ1) is 22.8. The molecule has 0 atom stereocenters. The summed E-state index contributed by atoms with van der Waals surface area (Å²) in [6.45, 7) is 4.17. The Labute approximate surface area is 170 Å². The molecule has 0 fully saturated rings. The molecule has 0 aliphatic heterocycles. The van der Waals surface area contributed by atoms with Gasteiger partial charge in [0.1, 0.15) is 0 Å². The molecule has 0 N–H and O–H groups in total. The number of rotatable bonds is 5. The molecule has 2 aromatic rings. The topological polar surface area (TPSA) is 18.5 Å². The zero-order valence-corrected chi connectivity index (χ0v) is 20.7. The van der Waals surface area contributed by atoms with Gasteiger partial charge in [0.25, 0.3) is 0 Å². The second-order valence-corrected chi connectivity index (χ2v) is 42.1. The van der Waals surface area contributed by atoms with Crippen LogP contribution in [-0.2, 0) is 12.2 Å². The Kier molecular flexibility index (Phi) is 4.06. The molecule has 0 saturated heterocycles. The third-order valence-electron chi connectivity index (χ3n) is 6.25. The first-order chi connectivity index (χ1) is 12.1. The molecule has 0 unspecified atom stereocenters. The molecular formula is C24H35ClO2Ti. The summed E-state index contributed by atoms with van der Waals surface area (Å²) in [5.74, 6) is 1.74. The molecule has 1 aliphatic carbocycles. The molecule has 4 heteroatoms. The van der Waals surface area contributed by atoms with Crippen molar-refractivity contribution >= 4 is 12.4 Å². The minimum Gasteiger partial charge on any atom is -0.147 e. The molecule has 0 heterocycles. The molecule has 28 heavy (non-hydrogen) atoms. The van der Waals surface area contributed by atoms with Gasteiger partial charge < -0.3 is 0 Å².